The van der Waals surface area contributed by atoms with Crippen molar-refractivity contribution in [2.45, 2.75) is 32.2 Å². The van der Waals surface area contributed by atoms with Crippen LogP contribution in [-0.4, -0.2) is 31.6 Å². The first-order valence-electron chi connectivity index (χ1n) is 7.87. The molecule has 1 aromatic rings. The molecule has 5 heteroatoms. The predicted molar refractivity (Wildman–Crippen MR) is 106 cm³/mol. The summed E-state index contributed by atoms with van der Waals surface area (Å²) in [6.07, 6.45) is 7.67. The monoisotopic (exact) mass is 414 g/mol. The summed E-state index contributed by atoms with van der Waals surface area (Å²) in [6.45, 7) is 4.77. The van der Waals surface area contributed by atoms with Crippen LogP contribution in [0.2, 0.25) is 0 Å². The van der Waals surface area contributed by atoms with Crippen molar-refractivity contribution < 1.29 is 0 Å². The lowest BCUT2D eigenvalue weighted by atomic mass is 10.2. The Morgan fingerprint density at radius 3 is 2.59 bits per heavy atom. The van der Waals surface area contributed by atoms with Gasteiger partial charge in [0.2, 0.25) is 0 Å². The number of nitrogens with one attached hydrogen (secondary N) is 3. The molecular formula is C17H27IN4. The van der Waals surface area contributed by atoms with Gasteiger partial charge in [0.1, 0.15) is 0 Å². The molecule has 4 nitrogen and oxygen atoms in total. The van der Waals surface area contributed by atoms with Gasteiger partial charge in [-0.15, -0.1) is 24.0 Å². The summed E-state index contributed by atoms with van der Waals surface area (Å²) in [4.78, 5) is 4.63. The SMILES string of the molecule is CCNC(=NCCCNc1ccccc1)NC1CC=CC1.I. The zero-order valence-electron chi connectivity index (χ0n) is 13.2. The summed E-state index contributed by atoms with van der Waals surface area (Å²) in [5.41, 5.74) is 1.17. The molecule has 0 radical (unpaired) electrons. The Morgan fingerprint density at radius 1 is 1.18 bits per heavy atom. The lowest BCUT2D eigenvalue weighted by molar-refractivity contribution is 0.632. The molecule has 0 atom stereocenters. The second-order valence-corrected chi connectivity index (χ2v) is 5.19. The minimum absolute atomic E-state index is 0. The number of rotatable bonds is 7. The fourth-order valence-electron chi connectivity index (χ4n) is 2.31. The zero-order chi connectivity index (χ0) is 14.8. The van der Waals surface area contributed by atoms with E-state index in [1.165, 1.54) is 5.69 Å². The van der Waals surface area contributed by atoms with Crippen LogP contribution in [0.1, 0.15) is 26.2 Å². The average molecular weight is 414 g/mol. The zero-order valence-corrected chi connectivity index (χ0v) is 15.5. The number of guanidine groups is 1. The van der Waals surface area contributed by atoms with Gasteiger partial charge in [-0.25, -0.2) is 0 Å². The molecule has 0 unspecified atom stereocenters. The number of anilines is 1. The van der Waals surface area contributed by atoms with Crippen molar-refractivity contribution in [3.8, 4) is 0 Å². The van der Waals surface area contributed by atoms with Gasteiger partial charge in [-0.3, -0.25) is 4.99 Å². The second kappa shape index (κ2) is 11.3. The summed E-state index contributed by atoms with van der Waals surface area (Å²) < 4.78 is 0. The van der Waals surface area contributed by atoms with Gasteiger partial charge < -0.3 is 16.0 Å². The fourth-order valence-corrected chi connectivity index (χ4v) is 2.31. The van der Waals surface area contributed by atoms with E-state index in [-0.39, 0.29) is 24.0 Å². The van der Waals surface area contributed by atoms with Gasteiger partial charge in [0.05, 0.1) is 0 Å². The molecule has 0 aromatic heterocycles. The van der Waals surface area contributed by atoms with Crippen molar-refractivity contribution in [1.82, 2.24) is 10.6 Å². The van der Waals surface area contributed by atoms with Crippen LogP contribution in [0, 0.1) is 0 Å². The minimum atomic E-state index is 0. The highest BCUT2D eigenvalue weighted by molar-refractivity contribution is 14.0. The number of halogens is 1. The van der Waals surface area contributed by atoms with Crippen molar-refractivity contribution >= 4 is 35.6 Å². The molecule has 0 heterocycles. The maximum Gasteiger partial charge on any atom is 0.191 e. The number of nitrogens with zero attached hydrogens (tertiary/aromatic N) is 1. The number of benzene rings is 1. The third-order valence-electron chi connectivity index (χ3n) is 3.40. The predicted octanol–water partition coefficient (Wildman–Crippen LogP) is 3.38. The van der Waals surface area contributed by atoms with Gasteiger partial charge in [0.15, 0.2) is 5.96 Å². The van der Waals surface area contributed by atoms with Gasteiger partial charge >= 0.3 is 0 Å². The first-order chi connectivity index (χ1) is 10.4. The van der Waals surface area contributed by atoms with Crippen LogP contribution in [0.25, 0.3) is 0 Å². The molecule has 3 N–H and O–H groups in total. The van der Waals surface area contributed by atoms with Gasteiger partial charge in [0, 0.05) is 31.4 Å². The van der Waals surface area contributed by atoms with E-state index in [0.717, 1.165) is 44.9 Å². The number of hydrogen-bond donors (Lipinski definition) is 3. The second-order valence-electron chi connectivity index (χ2n) is 5.19. The Morgan fingerprint density at radius 2 is 1.91 bits per heavy atom. The van der Waals surface area contributed by atoms with Crippen molar-refractivity contribution in [3.05, 3.63) is 42.5 Å². The molecule has 1 aliphatic carbocycles. The molecule has 1 aliphatic rings. The summed E-state index contributed by atoms with van der Waals surface area (Å²) in [5, 5.41) is 10.2. The topological polar surface area (TPSA) is 48.5 Å². The molecule has 0 amide bonds. The van der Waals surface area contributed by atoms with Crippen LogP contribution < -0.4 is 16.0 Å². The lowest BCUT2D eigenvalue weighted by Gasteiger charge is -2.16. The van der Waals surface area contributed by atoms with Gasteiger partial charge in [-0.05, 0) is 38.3 Å². The van der Waals surface area contributed by atoms with E-state index in [1.807, 2.05) is 18.2 Å². The van der Waals surface area contributed by atoms with Crippen molar-refractivity contribution in [2.24, 2.45) is 4.99 Å². The number of para-hydroxylation sites is 1. The summed E-state index contributed by atoms with van der Waals surface area (Å²) >= 11 is 0. The molecule has 0 spiro atoms. The molecular weight excluding hydrogens is 387 g/mol. The summed E-state index contributed by atoms with van der Waals surface area (Å²) in [5.74, 6) is 0.936. The van der Waals surface area contributed by atoms with Gasteiger partial charge in [-0.2, -0.15) is 0 Å². The molecule has 122 valence electrons. The van der Waals surface area contributed by atoms with E-state index in [4.69, 9.17) is 0 Å². The Labute approximate surface area is 150 Å². The van der Waals surface area contributed by atoms with Crippen LogP contribution in [0.15, 0.2) is 47.5 Å². The Bertz CT molecular complexity index is 451. The molecule has 2 rings (SSSR count). The first kappa shape index (κ1) is 18.8. The Kier molecular flexibility index (Phi) is 9.70. The highest BCUT2D eigenvalue weighted by Crippen LogP contribution is 2.08. The third kappa shape index (κ3) is 7.15. The molecule has 0 bridgehead atoms. The van der Waals surface area contributed by atoms with E-state index in [1.54, 1.807) is 0 Å². The van der Waals surface area contributed by atoms with E-state index in [0.29, 0.717) is 6.04 Å². The minimum Gasteiger partial charge on any atom is -0.385 e. The van der Waals surface area contributed by atoms with Crippen LogP contribution in [0.3, 0.4) is 0 Å². The normalized spacial score (nSPS) is 14.5. The fraction of sp³-hybridized carbons (Fsp3) is 0.471. The first-order valence-corrected chi connectivity index (χ1v) is 7.87. The molecule has 0 fully saturated rings. The molecule has 22 heavy (non-hydrogen) atoms. The van der Waals surface area contributed by atoms with E-state index < -0.39 is 0 Å². The summed E-state index contributed by atoms with van der Waals surface area (Å²) in [6, 6.07) is 10.8. The van der Waals surface area contributed by atoms with Crippen LogP contribution in [-0.2, 0) is 0 Å². The Hall–Kier alpha value is -1.24. The molecule has 0 saturated carbocycles. The van der Waals surface area contributed by atoms with Crippen molar-refractivity contribution in [2.75, 3.05) is 25.0 Å². The highest BCUT2D eigenvalue weighted by atomic mass is 127. The average Bonchev–Trinajstić information content (AvgIpc) is 3.01. The smallest absolute Gasteiger partial charge is 0.191 e. The van der Waals surface area contributed by atoms with E-state index >= 15 is 0 Å². The third-order valence-corrected chi connectivity index (χ3v) is 3.40. The van der Waals surface area contributed by atoms with Crippen molar-refractivity contribution in [3.63, 3.8) is 0 Å². The van der Waals surface area contributed by atoms with Crippen LogP contribution in [0.4, 0.5) is 5.69 Å². The highest BCUT2D eigenvalue weighted by Gasteiger charge is 2.11. The largest absolute Gasteiger partial charge is 0.385 e. The van der Waals surface area contributed by atoms with E-state index in [9.17, 15) is 0 Å². The number of hydrogen-bond acceptors (Lipinski definition) is 2. The van der Waals surface area contributed by atoms with Gasteiger partial charge in [-0.1, -0.05) is 30.4 Å². The van der Waals surface area contributed by atoms with Crippen molar-refractivity contribution in [1.29, 1.82) is 0 Å². The molecule has 0 aliphatic heterocycles. The van der Waals surface area contributed by atoms with Gasteiger partial charge in [0.25, 0.3) is 0 Å². The maximum atomic E-state index is 4.63. The quantitative estimate of drug-likeness (QED) is 0.211. The van der Waals surface area contributed by atoms with Crippen LogP contribution >= 0.6 is 24.0 Å². The Balaban J connectivity index is 0.00000242. The van der Waals surface area contributed by atoms with Crippen LogP contribution in [0.5, 0.6) is 0 Å². The maximum absolute atomic E-state index is 4.63. The summed E-state index contributed by atoms with van der Waals surface area (Å²) in [7, 11) is 0. The number of aliphatic imine (C=N–C) groups is 1. The lowest BCUT2D eigenvalue weighted by Crippen LogP contribution is -2.42. The van der Waals surface area contributed by atoms with E-state index in [2.05, 4.69) is 52.2 Å². The standard InChI is InChI=1S/C17H26N4.HI/c1-2-18-17(21-16-11-6-7-12-16)20-14-8-13-19-15-9-4-3-5-10-15;/h3-7,9-10,16,19H,2,8,11-14H2,1H3,(H2,18,20,21);1H. The molecule has 1 aromatic carbocycles. The molecule has 0 saturated heterocycles.